The molecule has 1 N–H and O–H groups in total. The number of aliphatic carboxylic acids is 1. The number of carboxylic acid groups (broad SMARTS) is 1. The summed E-state index contributed by atoms with van der Waals surface area (Å²) < 4.78 is 78.2. The molecule has 4 nitrogen and oxygen atoms in total. The van der Waals surface area contributed by atoms with Crippen molar-refractivity contribution in [2.24, 2.45) is 0 Å². The lowest BCUT2D eigenvalue weighted by atomic mass is 10.0. The van der Waals surface area contributed by atoms with Crippen LogP contribution in [0.1, 0.15) is 16.8 Å². The predicted octanol–water partition coefficient (Wildman–Crippen LogP) is 3.36. The zero-order valence-corrected chi connectivity index (χ0v) is 10.6. The van der Waals surface area contributed by atoms with Crippen LogP contribution in [0, 0.1) is 0 Å². The number of pyridine rings is 1. The van der Waals surface area contributed by atoms with Gasteiger partial charge < -0.3 is 9.84 Å². The average Bonchev–Trinajstić information content (AvgIpc) is 2.27. The molecule has 118 valence electrons. The Kier molecular flexibility index (Phi) is 4.92. The predicted molar refractivity (Wildman–Crippen MR) is 56.8 cm³/mol. The van der Waals surface area contributed by atoms with Crippen LogP contribution in [0.4, 0.5) is 26.3 Å². The molecule has 1 heterocycles. The molecule has 0 aromatic carbocycles. The normalized spacial score (nSPS) is 12.3. The van der Waals surface area contributed by atoms with Crippen LogP contribution in [-0.2, 0) is 23.3 Å². The van der Waals surface area contributed by atoms with Gasteiger partial charge in [0.1, 0.15) is 0 Å². The molecule has 0 saturated heterocycles. The summed E-state index contributed by atoms with van der Waals surface area (Å²) in [4.78, 5) is 13.5. The number of carbonyl (C=O) groups is 1. The third kappa shape index (κ3) is 4.66. The maximum absolute atomic E-state index is 12.7. The Balaban J connectivity index is 3.57. The zero-order chi connectivity index (χ0) is 16.4. The van der Waals surface area contributed by atoms with Gasteiger partial charge >= 0.3 is 18.5 Å². The van der Waals surface area contributed by atoms with E-state index in [0.29, 0.717) is 6.20 Å². The van der Waals surface area contributed by atoms with E-state index >= 15 is 0 Å². The fourth-order valence-electron chi connectivity index (χ4n) is 1.46. The number of ether oxygens (including phenoxy) is 1. The minimum atomic E-state index is -5.44. The molecule has 1 rings (SSSR count). The first-order valence-electron chi connectivity index (χ1n) is 5.07. The molecule has 0 fully saturated rings. The van der Waals surface area contributed by atoms with E-state index in [4.69, 9.17) is 16.7 Å². The van der Waals surface area contributed by atoms with Crippen molar-refractivity contribution in [1.29, 1.82) is 0 Å². The fraction of sp³-hybridized carbons (Fsp3) is 0.400. The summed E-state index contributed by atoms with van der Waals surface area (Å²) in [6, 6.07) is 0. The first kappa shape index (κ1) is 17.3. The van der Waals surface area contributed by atoms with E-state index in [1.54, 1.807) is 0 Å². The molecule has 0 aliphatic rings. The van der Waals surface area contributed by atoms with Gasteiger partial charge in [-0.05, 0) is 5.56 Å². The van der Waals surface area contributed by atoms with Crippen LogP contribution in [0.15, 0.2) is 6.20 Å². The molecule has 1 aromatic heterocycles. The van der Waals surface area contributed by atoms with E-state index in [-0.39, 0.29) is 5.56 Å². The molecule has 0 saturated carbocycles. The number of aromatic nitrogens is 1. The Morgan fingerprint density at radius 2 is 1.86 bits per heavy atom. The Morgan fingerprint density at radius 1 is 1.29 bits per heavy atom. The Labute approximate surface area is 118 Å². The van der Waals surface area contributed by atoms with Gasteiger partial charge in [-0.2, -0.15) is 13.2 Å². The van der Waals surface area contributed by atoms with Crippen molar-refractivity contribution in [1.82, 2.24) is 4.98 Å². The summed E-state index contributed by atoms with van der Waals surface area (Å²) >= 11 is 5.37. The third-order valence-corrected chi connectivity index (χ3v) is 2.47. The second-order valence-corrected chi connectivity index (χ2v) is 3.96. The summed E-state index contributed by atoms with van der Waals surface area (Å²) in [5.41, 5.74) is -3.09. The first-order valence-corrected chi connectivity index (χ1v) is 5.60. The van der Waals surface area contributed by atoms with Crippen LogP contribution < -0.4 is 4.74 Å². The molecule has 0 atom stereocenters. The monoisotopic (exact) mass is 337 g/mol. The Hall–Kier alpha value is -1.71. The van der Waals surface area contributed by atoms with Crippen molar-refractivity contribution >= 4 is 17.6 Å². The Morgan fingerprint density at radius 3 is 2.24 bits per heavy atom. The van der Waals surface area contributed by atoms with Crippen LogP contribution in [0.3, 0.4) is 0 Å². The highest BCUT2D eigenvalue weighted by Crippen LogP contribution is 2.40. The van der Waals surface area contributed by atoms with Gasteiger partial charge in [-0.3, -0.25) is 4.79 Å². The number of nitrogens with zero attached hydrogens (tertiary/aromatic N) is 1. The number of rotatable bonds is 4. The van der Waals surface area contributed by atoms with Crippen LogP contribution in [0.5, 0.6) is 5.75 Å². The molecule has 11 heteroatoms. The molecule has 0 spiro atoms. The summed E-state index contributed by atoms with van der Waals surface area (Å²) in [6.45, 7) is 0. The molecule has 21 heavy (non-hydrogen) atoms. The van der Waals surface area contributed by atoms with E-state index in [0.717, 1.165) is 0 Å². The van der Waals surface area contributed by atoms with Gasteiger partial charge in [-0.15, -0.1) is 24.8 Å². The van der Waals surface area contributed by atoms with Gasteiger partial charge in [0.25, 0.3) is 0 Å². The second kappa shape index (κ2) is 5.96. The SMILES string of the molecule is O=C(O)Cc1c(CCl)cnc(C(F)(F)F)c1OC(F)(F)F. The van der Waals surface area contributed by atoms with Crippen LogP contribution in [0.2, 0.25) is 0 Å². The molecule has 0 unspecified atom stereocenters. The number of alkyl halides is 7. The van der Waals surface area contributed by atoms with Gasteiger partial charge in [0.05, 0.1) is 6.42 Å². The lowest BCUT2D eigenvalue weighted by Gasteiger charge is -2.19. The van der Waals surface area contributed by atoms with Gasteiger partial charge in [0.15, 0.2) is 11.4 Å². The molecule has 0 bridgehead atoms. The first-order chi connectivity index (χ1) is 9.45. The fourth-order valence-corrected chi connectivity index (χ4v) is 1.69. The summed E-state index contributed by atoms with van der Waals surface area (Å²) in [7, 11) is 0. The molecule has 1 aromatic rings. The number of halogens is 7. The molecule has 0 aliphatic carbocycles. The quantitative estimate of drug-likeness (QED) is 0.676. The lowest BCUT2D eigenvalue weighted by molar-refractivity contribution is -0.276. The van der Waals surface area contributed by atoms with E-state index in [1.165, 1.54) is 0 Å². The third-order valence-electron chi connectivity index (χ3n) is 2.18. The van der Waals surface area contributed by atoms with Gasteiger partial charge in [0.2, 0.25) is 0 Å². The van der Waals surface area contributed by atoms with Crippen molar-refractivity contribution < 1.29 is 41.0 Å². The van der Waals surface area contributed by atoms with E-state index in [2.05, 4.69) is 9.72 Å². The summed E-state index contributed by atoms with van der Waals surface area (Å²) in [6.07, 6.45) is -11.3. The molecular formula is C10H6ClF6NO3. The van der Waals surface area contributed by atoms with Gasteiger partial charge in [-0.1, -0.05) is 0 Å². The summed E-state index contributed by atoms with van der Waals surface area (Å²) in [5, 5.41) is 8.62. The highest BCUT2D eigenvalue weighted by Gasteiger charge is 2.42. The maximum atomic E-state index is 12.7. The van der Waals surface area contributed by atoms with Crippen molar-refractivity contribution in [2.75, 3.05) is 0 Å². The molecular weight excluding hydrogens is 332 g/mol. The molecule has 0 amide bonds. The number of hydrogen-bond donors (Lipinski definition) is 1. The van der Waals surface area contributed by atoms with E-state index < -0.39 is 47.8 Å². The minimum Gasteiger partial charge on any atom is -0.481 e. The number of hydrogen-bond acceptors (Lipinski definition) is 3. The van der Waals surface area contributed by atoms with Crippen LogP contribution >= 0.6 is 11.6 Å². The summed E-state index contributed by atoms with van der Waals surface area (Å²) in [5.74, 6) is -3.87. The van der Waals surface area contributed by atoms with Gasteiger partial charge in [0, 0.05) is 17.6 Å². The minimum absolute atomic E-state index is 0.300. The topological polar surface area (TPSA) is 59.4 Å². The highest BCUT2D eigenvalue weighted by atomic mass is 35.5. The van der Waals surface area contributed by atoms with Crippen LogP contribution in [-0.4, -0.2) is 22.4 Å². The van der Waals surface area contributed by atoms with Crippen molar-refractivity contribution in [2.45, 2.75) is 24.8 Å². The average molecular weight is 338 g/mol. The largest absolute Gasteiger partial charge is 0.573 e. The number of carboxylic acids is 1. The van der Waals surface area contributed by atoms with Crippen LogP contribution in [0.25, 0.3) is 0 Å². The van der Waals surface area contributed by atoms with Gasteiger partial charge in [-0.25, -0.2) is 4.98 Å². The van der Waals surface area contributed by atoms with Crippen molar-refractivity contribution in [3.05, 3.63) is 23.0 Å². The van der Waals surface area contributed by atoms with Crippen molar-refractivity contribution in [3.63, 3.8) is 0 Å². The molecule has 0 radical (unpaired) electrons. The molecule has 0 aliphatic heterocycles. The van der Waals surface area contributed by atoms with E-state index in [9.17, 15) is 31.1 Å². The highest BCUT2D eigenvalue weighted by molar-refractivity contribution is 6.17. The van der Waals surface area contributed by atoms with E-state index in [1.807, 2.05) is 0 Å². The maximum Gasteiger partial charge on any atom is 0.573 e. The Bertz CT molecular complexity index is 543. The lowest BCUT2D eigenvalue weighted by Crippen LogP contribution is -2.23. The van der Waals surface area contributed by atoms with Crippen molar-refractivity contribution in [3.8, 4) is 5.75 Å². The zero-order valence-electron chi connectivity index (χ0n) is 9.85. The smallest absolute Gasteiger partial charge is 0.481 e. The second-order valence-electron chi connectivity index (χ2n) is 3.69. The standard InChI is InChI=1S/C10H6ClF6NO3/c11-2-4-3-18-8(9(12,13)14)7(21-10(15,16)17)5(4)1-6(19)20/h3H,1-2H2,(H,19,20).